The molecule has 3 aromatic rings. The van der Waals surface area contributed by atoms with Gasteiger partial charge in [-0.2, -0.15) is 0 Å². The number of aromatic nitrogens is 1. The standard InChI is InChI=1S/C22H26N4O2.HI/c1-3-23-22(24-14-13-17-9-11-20(27-2)12-10-17)25-15-19-16-28-21(26-19)18-7-5-4-6-8-18;/h4-12,16H,3,13-15H2,1-2H3,(H2,23,24,25);1H. The Kier molecular flexibility index (Phi) is 9.49. The molecule has 154 valence electrons. The quantitative estimate of drug-likeness (QED) is 0.272. The third-order valence-electron chi connectivity index (χ3n) is 4.18. The van der Waals surface area contributed by atoms with E-state index in [1.165, 1.54) is 5.56 Å². The minimum Gasteiger partial charge on any atom is -0.497 e. The number of methoxy groups -OCH3 is 1. The van der Waals surface area contributed by atoms with Gasteiger partial charge in [-0.3, -0.25) is 0 Å². The van der Waals surface area contributed by atoms with Gasteiger partial charge < -0.3 is 19.8 Å². The molecule has 0 unspecified atom stereocenters. The highest BCUT2D eigenvalue weighted by Gasteiger charge is 2.06. The molecule has 0 bridgehead atoms. The van der Waals surface area contributed by atoms with Crippen molar-refractivity contribution in [2.24, 2.45) is 4.99 Å². The third-order valence-corrected chi connectivity index (χ3v) is 4.18. The highest BCUT2D eigenvalue weighted by molar-refractivity contribution is 14.0. The number of ether oxygens (including phenoxy) is 1. The first-order valence-corrected chi connectivity index (χ1v) is 9.43. The van der Waals surface area contributed by atoms with Gasteiger partial charge in [0.05, 0.1) is 13.7 Å². The van der Waals surface area contributed by atoms with E-state index in [1.54, 1.807) is 13.4 Å². The molecule has 29 heavy (non-hydrogen) atoms. The van der Waals surface area contributed by atoms with Gasteiger partial charge in [0.1, 0.15) is 17.7 Å². The summed E-state index contributed by atoms with van der Waals surface area (Å²) in [6.07, 6.45) is 2.56. The summed E-state index contributed by atoms with van der Waals surface area (Å²) in [7, 11) is 1.67. The molecule has 3 rings (SSSR count). The summed E-state index contributed by atoms with van der Waals surface area (Å²) in [4.78, 5) is 9.12. The van der Waals surface area contributed by atoms with E-state index >= 15 is 0 Å². The van der Waals surface area contributed by atoms with E-state index in [-0.39, 0.29) is 24.0 Å². The number of hydrogen-bond donors (Lipinski definition) is 2. The highest BCUT2D eigenvalue weighted by Crippen LogP contribution is 2.18. The zero-order chi connectivity index (χ0) is 19.6. The second kappa shape index (κ2) is 12.1. The number of oxazole rings is 1. The van der Waals surface area contributed by atoms with Gasteiger partial charge in [-0.05, 0) is 43.2 Å². The Balaban J connectivity index is 0.00000300. The summed E-state index contributed by atoms with van der Waals surface area (Å²) in [6, 6.07) is 18.0. The summed E-state index contributed by atoms with van der Waals surface area (Å²) < 4.78 is 10.8. The molecule has 0 aliphatic heterocycles. The summed E-state index contributed by atoms with van der Waals surface area (Å²) in [5, 5.41) is 6.61. The molecular weight excluding hydrogens is 479 g/mol. The molecular formula is C22H27IN4O2. The molecule has 0 amide bonds. The Morgan fingerprint density at radius 2 is 1.83 bits per heavy atom. The topological polar surface area (TPSA) is 71.7 Å². The summed E-state index contributed by atoms with van der Waals surface area (Å²) in [6.45, 7) is 4.08. The van der Waals surface area contributed by atoms with E-state index in [0.717, 1.165) is 42.5 Å². The number of nitrogens with one attached hydrogen (secondary N) is 2. The van der Waals surface area contributed by atoms with Gasteiger partial charge in [-0.15, -0.1) is 24.0 Å². The van der Waals surface area contributed by atoms with Crippen LogP contribution < -0.4 is 15.4 Å². The second-order valence-corrected chi connectivity index (χ2v) is 6.23. The Morgan fingerprint density at radius 3 is 2.52 bits per heavy atom. The third kappa shape index (κ3) is 7.08. The van der Waals surface area contributed by atoms with Gasteiger partial charge in [0.25, 0.3) is 0 Å². The number of guanidine groups is 1. The number of halogens is 1. The van der Waals surface area contributed by atoms with Crippen molar-refractivity contribution in [1.29, 1.82) is 0 Å². The van der Waals surface area contributed by atoms with Crippen LogP contribution in [0, 0.1) is 0 Å². The van der Waals surface area contributed by atoms with Crippen molar-refractivity contribution in [3.8, 4) is 17.2 Å². The number of hydrogen-bond acceptors (Lipinski definition) is 4. The molecule has 0 spiro atoms. The Labute approximate surface area is 188 Å². The van der Waals surface area contributed by atoms with Gasteiger partial charge in [0, 0.05) is 18.7 Å². The van der Waals surface area contributed by atoms with Crippen molar-refractivity contribution < 1.29 is 9.15 Å². The van der Waals surface area contributed by atoms with E-state index in [2.05, 4.69) is 32.7 Å². The maximum absolute atomic E-state index is 5.57. The molecule has 0 aliphatic carbocycles. The molecule has 1 heterocycles. The molecule has 7 heteroatoms. The summed E-state index contributed by atoms with van der Waals surface area (Å²) in [5.41, 5.74) is 3.00. The lowest BCUT2D eigenvalue weighted by Crippen LogP contribution is -2.38. The number of benzene rings is 2. The predicted molar refractivity (Wildman–Crippen MR) is 127 cm³/mol. The van der Waals surface area contributed by atoms with Crippen LogP contribution in [0.2, 0.25) is 0 Å². The van der Waals surface area contributed by atoms with Crippen molar-refractivity contribution in [2.45, 2.75) is 19.9 Å². The van der Waals surface area contributed by atoms with Crippen LogP contribution in [0.1, 0.15) is 18.2 Å². The number of nitrogens with zero attached hydrogens (tertiary/aromatic N) is 2. The minimum absolute atomic E-state index is 0. The van der Waals surface area contributed by atoms with Crippen LogP contribution in [-0.2, 0) is 13.0 Å². The Morgan fingerprint density at radius 1 is 1.07 bits per heavy atom. The molecule has 0 atom stereocenters. The van der Waals surface area contributed by atoms with Crippen LogP contribution in [0.25, 0.3) is 11.5 Å². The largest absolute Gasteiger partial charge is 0.497 e. The average molecular weight is 506 g/mol. The molecule has 0 fully saturated rings. The van der Waals surface area contributed by atoms with Gasteiger partial charge in [0.15, 0.2) is 5.96 Å². The fourth-order valence-electron chi connectivity index (χ4n) is 2.71. The molecule has 0 saturated heterocycles. The maximum atomic E-state index is 5.57. The zero-order valence-electron chi connectivity index (χ0n) is 16.7. The first-order valence-electron chi connectivity index (χ1n) is 9.43. The lowest BCUT2D eigenvalue weighted by molar-refractivity contribution is 0.414. The predicted octanol–water partition coefficient (Wildman–Crippen LogP) is 4.27. The fraction of sp³-hybridized carbons (Fsp3) is 0.273. The van der Waals surface area contributed by atoms with E-state index < -0.39 is 0 Å². The second-order valence-electron chi connectivity index (χ2n) is 6.23. The van der Waals surface area contributed by atoms with E-state index in [0.29, 0.717) is 12.4 Å². The summed E-state index contributed by atoms with van der Waals surface area (Å²) >= 11 is 0. The van der Waals surface area contributed by atoms with Crippen LogP contribution in [-0.4, -0.2) is 31.1 Å². The Bertz CT molecular complexity index is 879. The van der Waals surface area contributed by atoms with Crippen molar-refractivity contribution in [3.63, 3.8) is 0 Å². The summed E-state index contributed by atoms with van der Waals surface area (Å²) in [5.74, 6) is 2.25. The van der Waals surface area contributed by atoms with Crippen LogP contribution in [0.4, 0.5) is 0 Å². The van der Waals surface area contributed by atoms with Gasteiger partial charge in [-0.25, -0.2) is 9.98 Å². The molecule has 0 aliphatic rings. The normalized spacial score (nSPS) is 10.9. The van der Waals surface area contributed by atoms with Gasteiger partial charge >= 0.3 is 0 Å². The van der Waals surface area contributed by atoms with E-state index in [9.17, 15) is 0 Å². The SMILES string of the molecule is CCNC(=NCc1coc(-c2ccccc2)n1)NCCc1ccc(OC)cc1.I. The lowest BCUT2D eigenvalue weighted by atomic mass is 10.1. The molecule has 0 radical (unpaired) electrons. The molecule has 0 saturated carbocycles. The first kappa shape index (κ1) is 22.7. The molecule has 2 N–H and O–H groups in total. The van der Waals surface area contributed by atoms with Gasteiger partial charge in [0.2, 0.25) is 5.89 Å². The van der Waals surface area contributed by atoms with E-state index in [1.807, 2.05) is 49.4 Å². The van der Waals surface area contributed by atoms with Crippen molar-refractivity contribution in [2.75, 3.05) is 20.2 Å². The van der Waals surface area contributed by atoms with Crippen molar-refractivity contribution in [1.82, 2.24) is 15.6 Å². The van der Waals surface area contributed by atoms with Gasteiger partial charge in [-0.1, -0.05) is 30.3 Å². The minimum atomic E-state index is 0. The van der Waals surface area contributed by atoms with Crippen molar-refractivity contribution in [3.05, 3.63) is 72.1 Å². The smallest absolute Gasteiger partial charge is 0.226 e. The first-order chi connectivity index (χ1) is 13.8. The van der Waals surface area contributed by atoms with Crippen molar-refractivity contribution >= 4 is 29.9 Å². The number of aliphatic imine (C=N–C) groups is 1. The average Bonchev–Trinajstić information content (AvgIpc) is 3.22. The molecule has 6 nitrogen and oxygen atoms in total. The van der Waals surface area contributed by atoms with Crippen LogP contribution in [0.5, 0.6) is 5.75 Å². The van der Waals surface area contributed by atoms with Crippen LogP contribution in [0.3, 0.4) is 0 Å². The lowest BCUT2D eigenvalue weighted by Gasteiger charge is -2.11. The van der Waals surface area contributed by atoms with E-state index in [4.69, 9.17) is 9.15 Å². The monoisotopic (exact) mass is 506 g/mol. The highest BCUT2D eigenvalue weighted by atomic mass is 127. The fourth-order valence-corrected chi connectivity index (χ4v) is 2.71. The maximum Gasteiger partial charge on any atom is 0.226 e. The Hall–Kier alpha value is -2.55. The number of rotatable bonds is 8. The van der Waals surface area contributed by atoms with Crippen LogP contribution >= 0.6 is 24.0 Å². The molecule has 2 aromatic carbocycles. The molecule has 1 aromatic heterocycles. The van der Waals surface area contributed by atoms with Crippen LogP contribution in [0.15, 0.2) is 70.3 Å². The zero-order valence-corrected chi connectivity index (χ0v) is 19.1.